The Kier molecular flexibility index (Phi) is 6.19. The number of phenolic OH excluding ortho intramolecular Hbond substituents is 1. The molecule has 0 bridgehead atoms. The fraction of sp³-hybridized carbons (Fsp3) is 0.222. The van der Waals surface area contributed by atoms with E-state index in [4.69, 9.17) is 9.47 Å². The van der Waals surface area contributed by atoms with Gasteiger partial charge in [0.2, 0.25) is 5.91 Å². The van der Waals surface area contributed by atoms with Crippen molar-refractivity contribution in [1.82, 2.24) is 5.43 Å². The van der Waals surface area contributed by atoms with Gasteiger partial charge in [-0.3, -0.25) is 4.79 Å². The first-order valence-electron chi connectivity index (χ1n) is 7.53. The molecule has 0 radical (unpaired) electrons. The van der Waals surface area contributed by atoms with Crippen molar-refractivity contribution < 1.29 is 19.4 Å². The molecule has 0 aliphatic rings. The zero-order valence-electron chi connectivity index (χ0n) is 13.7. The van der Waals surface area contributed by atoms with E-state index in [0.29, 0.717) is 17.9 Å². The van der Waals surface area contributed by atoms with Crippen molar-refractivity contribution >= 4 is 12.1 Å². The molecule has 6 heteroatoms. The van der Waals surface area contributed by atoms with E-state index in [0.717, 1.165) is 11.3 Å². The maximum atomic E-state index is 11.9. The van der Waals surface area contributed by atoms with Crippen LogP contribution in [0.15, 0.2) is 47.6 Å². The highest BCUT2D eigenvalue weighted by Gasteiger charge is 2.05. The Balaban J connectivity index is 1.94. The molecule has 1 amide bonds. The number of rotatable bonds is 7. The number of aromatic hydroxyl groups is 1. The summed E-state index contributed by atoms with van der Waals surface area (Å²) in [6.07, 6.45) is 1.66. The van der Waals surface area contributed by atoms with Gasteiger partial charge in [-0.25, -0.2) is 5.43 Å². The normalized spacial score (nSPS) is 10.6. The van der Waals surface area contributed by atoms with Crippen LogP contribution in [0.5, 0.6) is 17.2 Å². The number of hydrogen-bond donors (Lipinski definition) is 2. The van der Waals surface area contributed by atoms with Gasteiger partial charge in [-0.2, -0.15) is 5.10 Å². The number of nitrogens with one attached hydrogen (secondary N) is 1. The molecule has 0 fully saturated rings. The summed E-state index contributed by atoms with van der Waals surface area (Å²) >= 11 is 0. The van der Waals surface area contributed by atoms with Crippen LogP contribution in [0, 0.1) is 0 Å². The highest BCUT2D eigenvalue weighted by atomic mass is 16.5. The molecule has 0 unspecified atom stereocenters. The summed E-state index contributed by atoms with van der Waals surface area (Å²) < 4.78 is 10.5. The van der Waals surface area contributed by atoms with E-state index in [1.54, 1.807) is 6.07 Å². The minimum atomic E-state index is -0.238. The van der Waals surface area contributed by atoms with E-state index >= 15 is 0 Å². The van der Waals surface area contributed by atoms with E-state index in [-0.39, 0.29) is 18.1 Å². The zero-order chi connectivity index (χ0) is 17.4. The lowest BCUT2D eigenvalue weighted by atomic mass is 10.1. The van der Waals surface area contributed by atoms with Crippen molar-refractivity contribution in [3.05, 3.63) is 53.6 Å². The first-order valence-corrected chi connectivity index (χ1v) is 7.53. The molecule has 6 nitrogen and oxygen atoms in total. The second-order valence-electron chi connectivity index (χ2n) is 4.98. The number of methoxy groups -OCH3 is 1. The van der Waals surface area contributed by atoms with Gasteiger partial charge in [-0.15, -0.1) is 0 Å². The van der Waals surface area contributed by atoms with Gasteiger partial charge >= 0.3 is 0 Å². The van der Waals surface area contributed by atoms with Crippen molar-refractivity contribution in [2.24, 2.45) is 5.10 Å². The van der Waals surface area contributed by atoms with Crippen LogP contribution in [0.2, 0.25) is 0 Å². The Morgan fingerprint density at radius 1 is 1.29 bits per heavy atom. The molecule has 0 saturated carbocycles. The van der Waals surface area contributed by atoms with Gasteiger partial charge in [0, 0.05) is 11.6 Å². The van der Waals surface area contributed by atoms with E-state index in [2.05, 4.69) is 10.5 Å². The lowest BCUT2D eigenvalue weighted by Gasteiger charge is -2.06. The van der Waals surface area contributed by atoms with E-state index in [9.17, 15) is 9.90 Å². The zero-order valence-corrected chi connectivity index (χ0v) is 13.7. The molecule has 2 rings (SSSR count). The van der Waals surface area contributed by atoms with Crippen molar-refractivity contribution in [3.8, 4) is 17.2 Å². The van der Waals surface area contributed by atoms with Crippen molar-refractivity contribution in [2.45, 2.75) is 13.3 Å². The van der Waals surface area contributed by atoms with Gasteiger partial charge in [0.05, 0.1) is 26.4 Å². The monoisotopic (exact) mass is 328 g/mol. The number of hydrogen-bond acceptors (Lipinski definition) is 5. The van der Waals surface area contributed by atoms with Crippen LogP contribution < -0.4 is 14.9 Å². The van der Waals surface area contributed by atoms with Crippen LogP contribution in [-0.4, -0.2) is 30.9 Å². The summed E-state index contributed by atoms with van der Waals surface area (Å²) in [5.41, 5.74) is 3.96. The second kappa shape index (κ2) is 8.57. The van der Waals surface area contributed by atoms with Gasteiger partial charge in [-0.1, -0.05) is 12.1 Å². The van der Waals surface area contributed by atoms with E-state index in [1.807, 2.05) is 31.2 Å². The lowest BCUT2D eigenvalue weighted by Crippen LogP contribution is -2.19. The standard InChI is InChI=1S/C18H20N2O4/c1-3-24-16-6-4-5-13(9-16)10-18(22)20-19-12-14-7-8-15(21)11-17(14)23-2/h4-9,11-12,21H,3,10H2,1-2H3,(H,20,22). The molecule has 2 aromatic carbocycles. The average Bonchev–Trinajstić information content (AvgIpc) is 2.56. The molecule has 0 saturated heterocycles. The van der Waals surface area contributed by atoms with Gasteiger partial charge in [0.15, 0.2) is 0 Å². The molecular formula is C18H20N2O4. The number of nitrogens with zero attached hydrogens (tertiary/aromatic N) is 1. The van der Waals surface area contributed by atoms with Gasteiger partial charge in [0.1, 0.15) is 17.2 Å². The summed E-state index contributed by atoms with van der Waals surface area (Å²) in [5, 5.41) is 13.3. The Bertz CT molecular complexity index is 729. The minimum absolute atomic E-state index is 0.0993. The first kappa shape index (κ1) is 17.3. The molecule has 0 atom stereocenters. The van der Waals surface area contributed by atoms with E-state index in [1.165, 1.54) is 25.5 Å². The predicted molar refractivity (Wildman–Crippen MR) is 91.7 cm³/mol. The number of amides is 1. The Hall–Kier alpha value is -3.02. The molecular weight excluding hydrogens is 308 g/mol. The maximum absolute atomic E-state index is 11.9. The van der Waals surface area contributed by atoms with Crippen molar-refractivity contribution in [1.29, 1.82) is 0 Å². The maximum Gasteiger partial charge on any atom is 0.244 e. The van der Waals surface area contributed by atoms with Crippen molar-refractivity contribution in [2.75, 3.05) is 13.7 Å². The van der Waals surface area contributed by atoms with Crippen LogP contribution in [-0.2, 0) is 11.2 Å². The topological polar surface area (TPSA) is 80.2 Å². The number of ether oxygens (including phenoxy) is 2. The third-order valence-electron chi connectivity index (χ3n) is 3.18. The SMILES string of the molecule is CCOc1cccc(CC(=O)NN=Cc2ccc(O)cc2OC)c1. The van der Waals surface area contributed by atoms with Crippen LogP contribution in [0.3, 0.4) is 0 Å². The molecule has 2 aromatic rings. The predicted octanol–water partition coefficient (Wildman–Crippen LogP) is 2.49. The highest BCUT2D eigenvalue weighted by molar-refractivity contribution is 5.86. The third-order valence-corrected chi connectivity index (χ3v) is 3.18. The summed E-state index contributed by atoms with van der Waals surface area (Å²) in [7, 11) is 1.50. The molecule has 24 heavy (non-hydrogen) atoms. The number of phenols is 1. The number of benzene rings is 2. The number of hydrazone groups is 1. The van der Waals surface area contributed by atoms with Crippen LogP contribution in [0.25, 0.3) is 0 Å². The van der Waals surface area contributed by atoms with Crippen molar-refractivity contribution in [3.63, 3.8) is 0 Å². The van der Waals surface area contributed by atoms with Gasteiger partial charge < -0.3 is 14.6 Å². The highest BCUT2D eigenvalue weighted by Crippen LogP contribution is 2.22. The van der Waals surface area contributed by atoms with Gasteiger partial charge in [-0.05, 0) is 36.8 Å². The van der Waals surface area contributed by atoms with Crippen LogP contribution >= 0.6 is 0 Å². The average molecular weight is 328 g/mol. The second-order valence-corrected chi connectivity index (χ2v) is 4.98. The minimum Gasteiger partial charge on any atom is -0.508 e. The molecule has 2 N–H and O–H groups in total. The lowest BCUT2D eigenvalue weighted by molar-refractivity contribution is -0.120. The molecule has 126 valence electrons. The third kappa shape index (κ3) is 5.01. The summed E-state index contributed by atoms with van der Waals surface area (Å²) in [4.78, 5) is 11.9. The van der Waals surface area contributed by atoms with Crippen LogP contribution in [0.1, 0.15) is 18.1 Å². The molecule has 0 aliphatic heterocycles. The smallest absolute Gasteiger partial charge is 0.244 e. The molecule has 0 aromatic heterocycles. The summed E-state index contributed by atoms with van der Waals surface area (Å²) in [5.74, 6) is 1.07. The molecule has 0 spiro atoms. The number of carbonyl (C=O) groups is 1. The largest absolute Gasteiger partial charge is 0.508 e. The Labute approximate surface area is 140 Å². The quantitative estimate of drug-likeness (QED) is 0.604. The number of carbonyl (C=O) groups excluding carboxylic acids is 1. The van der Waals surface area contributed by atoms with E-state index < -0.39 is 0 Å². The summed E-state index contributed by atoms with van der Waals surface area (Å²) in [6, 6.07) is 12.0. The fourth-order valence-electron chi connectivity index (χ4n) is 2.12. The first-order chi connectivity index (χ1) is 11.6. The molecule has 0 aliphatic carbocycles. The fourth-order valence-corrected chi connectivity index (χ4v) is 2.12. The van der Waals surface area contributed by atoms with Crippen LogP contribution in [0.4, 0.5) is 0 Å². The molecule has 0 heterocycles. The van der Waals surface area contributed by atoms with Gasteiger partial charge in [0.25, 0.3) is 0 Å². The summed E-state index contributed by atoms with van der Waals surface area (Å²) in [6.45, 7) is 2.49. The Morgan fingerprint density at radius 3 is 2.88 bits per heavy atom. The Morgan fingerprint density at radius 2 is 2.12 bits per heavy atom.